The zero-order valence-electron chi connectivity index (χ0n) is 16.2. The summed E-state index contributed by atoms with van der Waals surface area (Å²) < 4.78 is 6.93. The molecule has 6 heteroatoms. The van der Waals surface area contributed by atoms with Gasteiger partial charge in [0.1, 0.15) is 0 Å². The van der Waals surface area contributed by atoms with Gasteiger partial charge >= 0.3 is 0 Å². The highest BCUT2D eigenvalue weighted by molar-refractivity contribution is 8.00. The molecule has 0 aliphatic carbocycles. The monoisotopic (exact) mass is 412 g/mol. The molecule has 0 radical (unpaired) electrons. The number of thioether (sulfide) groups is 1. The third-order valence-corrected chi connectivity index (χ3v) is 7.16. The standard InChI is InChI=1S/C22H24N2O2S2/c1-15-10-11-19-21(16(15)2)23-22(28-19)24(13-17-7-6-12-26-17)20(25)14-27-18-8-4-3-5-9-18/h3-5,8-11,17H,6-7,12-14H2,1-2H3. The molecular formula is C22H24N2O2S2. The van der Waals surface area contributed by atoms with Crippen LogP contribution >= 0.6 is 23.1 Å². The molecule has 2 aromatic carbocycles. The van der Waals surface area contributed by atoms with Gasteiger partial charge in [0.25, 0.3) is 0 Å². The number of amides is 1. The first-order valence-electron chi connectivity index (χ1n) is 9.58. The molecule has 4 nitrogen and oxygen atoms in total. The van der Waals surface area contributed by atoms with Crippen LogP contribution in [0.2, 0.25) is 0 Å². The van der Waals surface area contributed by atoms with E-state index in [0.717, 1.165) is 39.7 Å². The lowest BCUT2D eigenvalue weighted by atomic mass is 10.1. The first-order chi connectivity index (χ1) is 13.6. The second-order valence-corrected chi connectivity index (χ2v) is 9.15. The fourth-order valence-electron chi connectivity index (χ4n) is 3.35. The first kappa shape index (κ1) is 19.4. The number of hydrogen-bond donors (Lipinski definition) is 0. The predicted octanol–water partition coefficient (Wildman–Crippen LogP) is 5.22. The largest absolute Gasteiger partial charge is 0.376 e. The van der Waals surface area contributed by atoms with Gasteiger partial charge in [0.2, 0.25) is 5.91 Å². The molecular weight excluding hydrogens is 388 g/mol. The Balaban J connectivity index is 1.59. The summed E-state index contributed by atoms with van der Waals surface area (Å²) in [6.45, 7) is 5.55. The van der Waals surface area contributed by atoms with E-state index in [9.17, 15) is 4.79 Å². The quantitative estimate of drug-likeness (QED) is 0.521. The van der Waals surface area contributed by atoms with Crippen molar-refractivity contribution in [1.29, 1.82) is 0 Å². The van der Waals surface area contributed by atoms with E-state index in [0.29, 0.717) is 12.3 Å². The summed E-state index contributed by atoms with van der Waals surface area (Å²) in [5.41, 5.74) is 3.41. The first-order valence-corrected chi connectivity index (χ1v) is 11.4. The van der Waals surface area contributed by atoms with Gasteiger partial charge in [0.05, 0.1) is 28.6 Å². The lowest BCUT2D eigenvalue weighted by molar-refractivity contribution is -0.116. The lowest BCUT2D eigenvalue weighted by Gasteiger charge is -2.23. The van der Waals surface area contributed by atoms with Gasteiger partial charge in [0.15, 0.2) is 5.13 Å². The van der Waals surface area contributed by atoms with E-state index in [1.54, 1.807) is 23.1 Å². The van der Waals surface area contributed by atoms with Crippen molar-refractivity contribution in [3.05, 3.63) is 53.6 Å². The highest BCUT2D eigenvalue weighted by atomic mass is 32.2. The number of aryl methyl sites for hydroxylation is 2. The number of fused-ring (bicyclic) bond motifs is 1. The summed E-state index contributed by atoms with van der Waals surface area (Å²) in [5.74, 6) is 0.475. The molecule has 146 valence electrons. The number of hydrogen-bond acceptors (Lipinski definition) is 5. The minimum Gasteiger partial charge on any atom is -0.376 e. The number of rotatable bonds is 6. The second-order valence-electron chi connectivity index (χ2n) is 7.09. The van der Waals surface area contributed by atoms with E-state index in [-0.39, 0.29) is 12.0 Å². The summed E-state index contributed by atoms with van der Waals surface area (Å²) >= 11 is 3.16. The van der Waals surface area contributed by atoms with E-state index < -0.39 is 0 Å². The molecule has 0 N–H and O–H groups in total. The van der Waals surface area contributed by atoms with Crippen LogP contribution < -0.4 is 4.90 Å². The molecule has 2 heterocycles. The summed E-state index contributed by atoms with van der Waals surface area (Å²) in [5, 5.41) is 0.776. The fraction of sp³-hybridized carbons (Fsp3) is 0.364. The maximum atomic E-state index is 13.1. The molecule has 28 heavy (non-hydrogen) atoms. The number of aromatic nitrogens is 1. The Morgan fingerprint density at radius 2 is 2.07 bits per heavy atom. The average Bonchev–Trinajstić information content (AvgIpc) is 3.38. The van der Waals surface area contributed by atoms with E-state index >= 15 is 0 Å². The van der Waals surface area contributed by atoms with Gasteiger partial charge in [-0.1, -0.05) is 35.6 Å². The molecule has 1 unspecified atom stereocenters. The number of nitrogens with zero attached hydrogens (tertiary/aromatic N) is 2. The van der Waals surface area contributed by atoms with Crippen LogP contribution in [0.1, 0.15) is 24.0 Å². The van der Waals surface area contributed by atoms with Gasteiger partial charge in [-0.15, -0.1) is 11.8 Å². The third-order valence-electron chi connectivity index (χ3n) is 5.12. The van der Waals surface area contributed by atoms with Crippen LogP contribution in [-0.2, 0) is 9.53 Å². The molecule has 1 atom stereocenters. The van der Waals surface area contributed by atoms with Crippen molar-refractivity contribution in [2.45, 2.75) is 37.7 Å². The normalized spacial score (nSPS) is 16.6. The molecule has 1 aliphatic heterocycles. The van der Waals surface area contributed by atoms with Crippen LogP contribution in [-0.4, -0.2) is 35.9 Å². The van der Waals surface area contributed by atoms with E-state index in [2.05, 4.69) is 26.0 Å². The second kappa shape index (κ2) is 8.64. The van der Waals surface area contributed by atoms with Crippen LogP contribution in [0.3, 0.4) is 0 Å². The molecule has 3 aromatic rings. The predicted molar refractivity (Wildman–Crippen MR) is 118 cm³/mol. The van der Waals surface area contributed by atoms with E-state index in [1.807, 2.05) is 35.2 Å². The van der Waals surface area contributed by atoms with Crippen molar-refractivity contribution in [3.63, 3.8) is 0 Å². The fourth-order valence-corrected chi connectivity index (χ4v) is 5.20. The van der Waals surface area contributed by atoms with E-state index in [1.165, 1.54) is 11.1 Å². The van der Waals surface area contributed by atoms with Crippen molar-refractivity contribution in [2.75, 3.05) is 23.8 Å². The van der Waals surface area contributed by atoms with Gasteiger partial charge in [-0.25, -0.2) is 4.98 Å². The Labute approximate surface area is 173 Å². The van der Waals surface area contributed by atoms with E-state index in [4.69, 9.17) is 9.72 Å². The van der Waals surface area contributed by atoms with Crippen molar-refractivity contribution in [1.82, 2.24) is 4.98 Å². The number of ether oxygens (including phenoxy) is 1. The van der Waals surface area contributed by atoms with Crippen molar-refractivity contribution >= 4 is 44.4 Å². The van der Waals surface area contributed by atoms with Gasteiger partial charge in [-0.05, 0) is 56.0 Å². The molecule has 1 aliphatic rings. The molecule has 0 spiro atoms. The Hall–Kier alpha value is -1.89. The summed E-state index contributed by atoms with van der Waals surface area (Å²) in [6.07, 6.45) is 2.16. The molecule has 1 amide bonds. The molecule has 0 saturated carbocycles. The maximum absolute atomic E-state index is 13.1. The number of thiazole rings is 1. The summed E-state index contributed by atoms with van der Waals surface area (Å²) in [6, 6.07) is 14.3. The van der Waals surface area contributed by atoms with Crippen molar-refractivity contribution in [2.24, 2.45) is 0 Å². The number of anilines is 1. The molecule has 1 fully saturated rings. The smallest absolute Gasteiger partial charge is 0.239 e. The van der Waals surface area contributed by atoms with Gasteiger partial charge < -0.3 is 4.74 Å². The Kier molecular flexibility index (Phi) is 5.99. The van der Waals surface area contributed by atoms with Gasteiger partial charge in [0, 0.05) is 11.5 Å². The highest BCUT2D eigenvalue weighted by Gasteiger charge is 2.26. The average molecular weight is 413 g/mol. The number of carbonyl (C=O) groups is 1. The third kappa shape index (κ3) is 4.24. The maximum Gasteiger partial charge on any atom is 0.239 e. The minimum absolute atomic E-state index is 0.0813. The SMILES string of the molecule is Cc1ccc2sc(N(CC3CCCO3)C(=O)CSc3ccccc3)nc2c1C. The Morgan fingerprint density at radius 3 is 2.82 bits per heavy atom. The Morgan fingerprint density at radius 1 is 1.25 bits per heavy atom. The summed E-state index contributed by atoms with van der Waals surface area (Å²) in [7, 11) is 0. The molecule has 0 bridgehead atoms. The van der Waals surface area contributed by atoms with Crippen molar-refractivity contribution < 1.29 is 9.53 Å². The van der Waals surface area contributed by atoms with Crippen LogP contribution in [0.5, 0.6) is 0 Å². The van der Waals surface area contributed by atoms with Gasteiger partial charge in [-0.3, -0.25) is 9.69 Å². The number of benzene rings is 2. The highest BCUT2D eigenvalue weighted by Crippen LogP contribution is 2.33. The van der Waals surface area contributed by atoms with Crippen LogP contribution in [0.4, 0.5) is 5.13 Å². The summed E-state index contributed by atoms with van der Waals surface area (Å²) in [4.78, 5) is 20.9. The number of carbonyl (C=O) groups excluding carboxylic acids is 1. The molecule has 1 saturated heterocycles. The van der Waals surface area contributed by atoms with Crippen molar-refractivity contribution in [3.8, 4) is 0 Å². The lowest BCUT2D eigenvalue weighted by Crippen LogP contribution is -2.38. The Bertz CT molecular complexity index is 965. The zero-order chi connectivity index (χ0) is 19.5. The molecule has 4 rings (SSSR count). The van der Waals surface area contributed by atoms with Crippen LogP contribution in [0, 0.1) is 13.8 Å². The topological polar surface area (TPSA) is 42.4 Å². The zero-order valence-corrected chi connectivity index (χ0v) is 17.8. The van der Waals surface area contributed by atoms with Crippen LogP contribution in [0.15, 0.2) is 47.4 Å². The van der Waals surface area contributed by atoms with Gasteiger partial charge in [-0.2, -0.15) is 0 Å². The molecule has 1 aromatic heterocycles. The van der Waals surface area contributed by atoms with Crippen LogP contribution in [0.25, 0.3) is 10.2 Å². The minimum atomic E-state index is 0.0813.